The molecule has 1 aromatic rings. The Morgan fingerprint density at radius 1 is 1.11 bits per heavy atom. The summed E-state index contributed by atoms with van der Waals surface area (Å²) in [6.07, 6.45) is 0. The summed E-state index contributed by atoms with van der Waals surface area (Å²) >= 11 is 0. The van der Waals surface area contributed by atoms with Gasteiger partial charge < -0.3 is 11.6 Å². The molecule has 0 bridgehead atoms. The van der Waals surface area contributed by atoms with Gasteiger partial charge in [0.15, 0.2) is 0 Å². The van der Waals surface area contributed by atoms with Gasteiger partial charge in [0, 0.05) is 5.69 Å². The van der Waals surface area contributed by atoms with Crippen molar-refractivity contribution in [3.8, 4) is 0 Å². The number of rotatable bonds is 1. The van der Waals surface area contributed by atoms with Gasteiger partial charge in [-0.3, -0.25) is 5.84 Å². The molecule has 3 nitrogen and oxygen atoms in total. The SMILES string of the molecule is N.NNc1ccccc1. The summed E-state index contributed by atoms with van der Waals surface area (Å²) in [6, 6.07) is 9.60. The molecule has 6 N–H and O–H groups in total. The summed E-state index contributed by atoms with van der Waals surface area (Å²) < 4.78 is 0. The van der Waals surface area contributed by atoms with E-state index in [2.05, 4.69) is 5.43 Å². The first-order valence-corrected chi connectivity index (χ1v) is 2.45. The van der Waals surface area contributed by atoms with Crippen molar-refractivity contribution in [2.45, 2.75) is 0 Å². The molecule has 0 saturated carbocycles. The highest BCUT2D eigenvalue weighted by atomic mass is 15.2. The topological polar surface area (TPSA) is 73.0 Å². The van der Waals surface area contributed by atoms with E-state index < -0.39 is 0 Å². The fraction of sp³-hybridized carbons (Fsp3) is 0. The third-order valence-electron chi connectivity index (χ3n) is 0.940. The molecule has 0 radical (unpaired) electrons. The molecule has 0 aliphatic rings. The maximum Gasteiger partial charge on any atom is 0.0485 e. The summed E-state index contributed by atoms with van der Waals surface area (Å²) in [6.45, 7) is 0. The van der Waals surface area contributed by atoms with Crippen LogP contribution in [0.15, 0.2) is 30.3 Å². The Morgan fingerprint density at radius 2 is 1.67 bits per heavy atom. The molecule has 0 aromatic heterocycles. The molecule has 1 rings (SSSR count). The van der Waals surface area contributed by atoms with Gasteiger partial charge in [0.25, 0.3) is 0 Å². The molecule has 0 unspecified atom stereocenters. The van der Waals surface area contributed by atoms with Crippen molar-refractivity contribution >= 4 is 5.69 Å². The van der Waals surface area contributed by atoms with E-state index in [0.29, 0.717) is 0 Å². The normalized spacial score (nSPS) is 7.67. The quantitative estimate of drug-likeness (QED) is 0.389. The molecule has 0 aliphatic carbocycles. The van der Waals surface area contributed by atoms with E-state index in [4.69, 9.17) is 5.84 Å². The largest absolute Gasteiger partial charge is 0.344 e. The Balaban J connectivity index is 0.000000640. The molecule has 0 heterocycles. The highest BCUT2D eigenvalue weighted by Crippen LogP contribution is 2.00. The molecule has 0 saturated heterocycles. The standard InChI is InChI=1S/C6H8N2.H3N/c7-8-6-4-2-1-3-5-6;/h1-5,8H,7H2;1H3. The summed E-state index contributed by atoms with van der Waals surface area (Å²) in [4.78, 5) is 0. The highest BCUT2D eigenvalue weighted by molar-refractivity contribution is 5.40. The van der Waals surface area contributed by atoms with Crippen LogP contribution in [-0.4, -0.2) is 0 Å². The van der Waals surface area contributed by atoms with Crippen LogP contribution in [0.1, 0.15) is 0 Å². The Hall–Kier alpha value is -1.06. The van der Waals surface area contributed by atoms with Crippen LogP contribution in [0.4, 0.5) is 5.69 Å². The monoisotopic (exact) mass is 125 g/mol. The summed E-state index contributed by atoms with van der Waals surface area (Å²) in [5.74, 6) is 5.10. The zero-order valence-electron chi connectivity index (χ0n) is 5.17. The molecule has 1 aromatic carbocycles. The predicted octanol–water partition coefficient (Wildman–Crippen LogP) is 1.13. The number of nitrogens with one attached hydrogen (secondary N) is 1. The average Bonchev–Trinajstić information content (AvgIpc) is 1.90. The fourth-order valence-electron chi connectivity index (χ4n) is 0.534. The predicted molar refractivity (Wildman–Crippen MR) is 39.3 cm³/mol. The van der Waals surface area contributed by atoms with E-state index in [0.717, 1.165) is 5.69 Å². The first-order chi connectivity index (χ1) is 3.93. The van der Waals surface area contributed by atoms with Crippen molar-refractivity contribution in [3.63, 3.8) is 0 Å². The molecule has 0 atom stereocenters. The second-order valence-electron chi connectivity index (χ2n) is 1.51. The lowest BCUT2D eigenvalue weighted by Crippen LogP contribution is -2.05. The molecule has 0 amide bonds. The minimum Gasteiger partial charge on any atom is -0.344 e. The lowest BCUT2D eigenvalue weighted by molar-refractivity contribution is 1.35. The van der Waals surface area contributed by atoms with Gasteiger partial charge >= 0.3 is 0 Å². The molecular weight excluding hydrogens is 114 g/mol. The third-order valence-corrected chi connectivity index (χ3v) is 0.940. The van der Waals surface area contributed by atoms with Gasteiger partial charge in [0.1, 0.15) is 0 Å². The zero-order chi connectivity index (χ0) is 5.82. The number of hydrazine groups is 1. The Morgan fingerprint density at radius 3 is 2.00 bits per heavy atom. The average molecular weight is 125 g/mol. The fourth-order valence-corrected chi connectivity index (χ4v) is 0.534. The molecule has 0 fully saturated rings. The van der Waals surface area contributed by atoms with Gasteiger partial charge in [-0.2, -0.15) is 0 Å². The first-order valence-electron chi connectivity index (χ1n) is 2.45. The Bertz CT molecular complexity index is 150. The number of nitrogen functional groups attached to an aromatic ring is 1. The van der Waals surface area contributed by atoms with Gasteiger partial charge in [0.2, 0.25) is 0 Å². The number of para-hydroxylation sites is 1. The lowest BCUT2D eigenvalue weighted by atomic mass is 10.3. The van der Waals surface area contributed by atoms with E-state index in [1.165, 1.54) is 0 Å². The number of benzene rings is 1. The van der Waals surface area contributed by atoms with Gasteiger partial charge in [-0.25, -0.2) is 0 Å². The van der Waals surface area contributed by atoms with Crippen LogP contribution in [0.2, 0.25) is 0 Å². The van der Waals surface area contributed by atoms with Gasteiger partial charge in [-0.05, 0) is 12.1 Å². The van der Waals surface area contributed by atoms with Gasteiger partial charge in [-0.15, -0.1) is 0 Å². The second kappa shape index (κ2) is 3.88. The minimum absolute atomic E-state index is 0. The van der Waals surface area contributed by atoms with Crippen LogP contribution >= 0.6 is 0 Å². The number of hydrogen-bond acceptors (Lipinski definition) is 3. The number of nitrogens with two attached hydrogens (primary N) is 1. The molecule has 3 heteroatoms. The van der Waals surface area contributed by atoms with Crippen molar-refractivity contribution in [2.24, 2.45) is 5.84 Å². The Kier molecular flexibility index (Phi) is 3.43. The van der Waals surface area contributed by atoms with E-state index in [1.54, 1.807) is 0 Å². The van der Waals surface area contributed by atoms with E-state index in [1.807, 2.05) is 30.3 Å². The third kappa shape index (κ3) is 2.12. The van der Waals surface area contributed by atoms with Gasteiger partial charge in [-0.1, -0.05) is 18.2 Å². The van der Waals surface area contributed by atoms with Crippen LogP contribution < -0.4 is 17.4 Å². The summed E-state index contributed by atoms with van der Waals surface area (Å²) in [7, 11) is 0. The number of hydrogen-bond donors (Lipinski definition) is 3. The minimum atomic E-state index is 0. The van der Waals surface area contributed by atoms with E-state index in [-0.39, 0.29) is 6.15 Å². The molecular formula is C6H11N3. The zero-order valence-corrected chi connectivity index (χ0v) is 5.17. The molecule has 0 aliphatic heterocycles. The molecule has 9 heavy (non-hydrogen) atoms. The van der Waals surface area contributed by atoms with E-state index in [9.17, 15) is 0 Å². The summed E-state index contributed by atoms with van der Waals surface area (Å²) in [5.41, 5.74) is 3.46. The summed E-state index contributed by atoms with van der Waals surface area (Å²) in [5, 5.41) is 0. The maximum atomic E-state index is 5.10. The van der Waals surface area contributed by atoms with Crippen molar-refractivity contribution in [1.82, 2.24) is 6.15 Å². The van der Waals surface area contributed by atoms with Crippen LogP contribution in [0.5, 0.6) is 0 Å². The van der Waals surface area contributed by atoms with Crippen LogP contribution in [0, 0.1) is 0 Å². The van der Waals surface area contributed by atoms with Crippen LogP contribution in [-0.2, 0) is 0 Å². The van der Waals surface area contributed by atoms with Crippen molar-refractivity contribution in [2.75, 3.05) is 5.43 Å². The smallest absolute Gasteiger partial charge is 0.0485 e. The maximum absolute atomic E-state index is 5.10. The highest BCUT2D eigenvalue weighted by Gasteiger charge is 1.78. The van der Waals surface area contributed by atoms with Gasteiger partial charge in [0.05, 0.1) is 0 Å². The van der Waals surface area contributed by atoms with Crippen molar-refractivity contribution < 1.29 is 0 Å². The molecule has 50 valence electrons. The Labute approximate surface area is 54.4 Å². The number of anilines is 1. The van der Waals surface area contributed by atoms with Crippen molar-refractivity contribution in [3.05, 3.63) is 30.3 Å². The second-order valence-corrected chi connectivity index (χ2v) is 1.51. The van der Waals surface area contributed by atoms with Crippen molar-refractivity contribution in [1.29, 1.82) is 0 Å². The van der Waals surface area contributed by atoms with E-state index >= 15 is 0 Å². The van der Waals surface area contributed by atoms with Crippen LogP contribution in [0.3, 0.4) is 0 Å². The molecule has 0 spiro atoms. The lowest BCUT2D eigenvalue weighted by Gasteiger charge is -1.94. The van der Waals surface area contributed by atoms with Crippen LogP contribution in [0.25, 0.3) is 0 Å². The first kappa shape index (κ1) is 7.94.